The first kappa shape index (κ1) is 19.7. The van der Waals surface area contributed by atoms with E-state index in [4.69, 9.17) is 0 Å². The third-order valence-corrected chi connectivity index (χ3v) is 8.15. The highest BCUT2D eigenvalue weighted by Crippen LogP contribution is 2.50. The van der Waals surface area contributed by atoms with E-state index in [1.165, 1.54) is 4.31 Å². The van der Waals surface area contributed by atoms with Gasteiger partial charge >= 0.3 is 0 Å². The number of sulfonamides is 1. The molecule has 3 aromatic carbocycles. The van der Waals surface area contributed by atoms with Crippen molar-refractivity contribution in [2.24, 2.45) is 5.92 Å². The molecule has 1 aliphatic carbocycles. The fourth-order valence-corrected chi connectivity index (χ4v) is 5.91. The molecule has 0 aromatic heterocycles. The maximum Gasteiger partial charge on any atom is 0.264 e. The van der Waals surface area contributed by atoms with Gasteiger partial charge in [-0.05, 0) is 65.9 Å². The van der Waals surface area contributed by atoms with E-state index in [-0.39, 0.29) is 17.7 Å². The molecular weight excluding hydrogens is 408 g/mol. The summed E-state index contributed by atoms with van der Waals surface area (Å²) in [4.78, 5) is 0.293. The smallest absolute Gasteiger partial charge is 0.264 e. The lowest BCUT2D eigenvalue weighted by Gasteiger charge is -2.38. The number of nitrogens with one attached hydrogen (secondary N) is 1. The molecule has 0 fully saturated rings. The van der Waals surface area contributed by atoms with Gasteiger partial charge in [0.15, 0.2) is 0 Å². The van der Waals surface area contributed by atoms with Crippen LogP contribution in [0.25, 0.3) is 0 Å². The van der Waals surface area contributed by atoms with Crippen molar-refractivity contribution in [1.29, 1.82) is 0 Å². The van der Waals surface area contributed by atoms with Crippen molar-refractivity contribution >= 4 is 21.4 Å². The Kier molecular flexibility index (Phi) is 4.74. The van der Waals surface area contributed by atoms with E-state index in [2.05, 4.69) is 17.5 Å². The molecule has 2 aliphatic rings. The molecule has 1 heterocycles. The van der Waals surface area contributed by atoms with Crippen LogP contribution in [0, 0.1) is 5.92 Å². The molecule has 0 amide bonds. The van der Waals surface area contributed by atoms with E-state index >= 15 is 0 Å². The van der Waals surface area contributed by atoms with Crippen LogP contribution in [0.1, 0.15) is 29.5 Å². The van der Waals surface area contributed by atoms with Crippen molar-refractivity contribution in [2.75, 3.05) is 16.7 Å². The van der Waals surface area contributed by atoms with Crippen molar-refractivity contribution in [3.8, 4) is 5.75 Å². The Morgan fingerprint density at radius 3 is 2.48 bits per heavy atom. The minimum absolute atomic E-state index is 0.0996. The maximum absolute atomic E-state index is 13.3. The third kappa shape index (κ3) is 3.37. The molecule has 3 unspecified atom stereocenters. The molecule has 3 aromatic rings. The van der Waals surface area contributed by atoms with E-state index in [0.29, 0.717) is 16.5 Å². The Balaban J connectivity index is 1.52. The van der Waals surface area contributed by atoms with Crippen LogP contribution in [-0.2, 0) is 10.0 Å². The number of phenolic OH excluding ortho intramolecular Hbond substituents is 1. The van der Waals surface area contributed by atoms with Crippen LogP contribution < -0.4 is 9.62 Å². The highest BCUT2D eigenvalue weighted by Gasteiger charge is 2.38. The largest absolute Gasteiger partial charge is 0.508 e. The van der Waals surface area contributed by atoms with Crippen LogP contribution in [0.2, 0.25) is 0 Å². The lowest BCUT2D eigenvalue weighted by atomic mass is 9.77. The molecule has 31 heavy (non-hydrogen) atoms. The number of anilines is 2. The van der Waals surface area contributed by atoms with Gasteiger partial charge in [-0.3, -0.25) is 4.31 Å². The maximum atomic E-state index is 13.3. The molecule has 0 spiro atoms. The second-order valence-corrected chi connectivity index (χ2v) is 10.1. The number of nitrogens with zero attached hydrogens (tertiary/aromatic N) is 1. The highest BCUT2D eigenvalue weighted by molar-refractivity contribution is 7.92. The molecule has 1 aliphatic heterocycles. The number of aromatic hydroxyl groups is 1. The number of phenols is 1. The standard InChI is InChI=1S/C25H24N2O3S/c1-27(18-6-3-2-4-7-18)31(29,30)20-14-15-24-23(16-20)21-8-5-9-22(21)25(26-24)17-10-12-19(28)13-11-17/h2-8,10-16,21-22,25-26,28H,9H2,1H3. The number of hydrogen-bond donors (Lipinski definition) is 2. The summed E-state index contributed by atoms with van der Waals surface area (Å²) in [5, 5.41) is 13.3. The van der Waals surface area contributed by atoms with Crippen LogP contribution in [0.5, 0.6) is 5.75 Å². The van der Waals surface area contributed by atoms with Gasteiger partial charge in [0, 0.05) is 18.7 Å². The molecular formula is C25H24N2O3S. The summed E-state index contributed by atoms with van der Waals surface area (Å²) in [7, 11) is -2.09. The Labute approximate surface area is 182 Å². The number of fused-ring (bicyclic) bond motifs is 3. The zero-order chi connectivity index (χ0) is 21.6. The summed E-state index contributed by atoms with van der Waals surface area (Å²) in [5.74, 6) is 0.688. The molecule has 0 saturated heterocycles. The number of rotatable bonds is 4. The van der Waals surface area contributed by atoms with Crippen LogP contribution in [0.4, 0.5) is 11.4 Å². The fourth-order valence-electron chi connectivity index (χ4n) is 4.68. The van der Waals surface area contributed by atoms with E-state index < -0.39 is 10.0 Å². The Hall–Kier alpha value is -3.25. The number of hydrogen-bond acceptors (Lipinski definition) is 4. The van der Waals surface area contributed by atoms with Gasteiger partial charge in [0.25, 0.3) is 10.0 Å². The predicted molar refractivity (Wildman–Crippen MR) is 123 cm³/mol. The van der Waals surface area contributed by atoms with E-state index in [9.17, 15) is 13.5 Å². The molecule has 0 saturated carbocycles. The molecule has 3 atom stereocenters. The van der Waals surface area contributed by atoms with Gasteiger partial charge in [-0.15, -0.1) is 0 Å². The van der Waals surface area contributed by atoms with Gasteiger partial charge in [-0.1, -0.05) is 42.5 Å². The van der Waals surface area contributed by atoms with Gasteiger partial charge in [0.05, 0.1) is 16.6 Å². The summed E-state index contributed by atoms with van der Waals surface area (Å²) in [6, 6.07) is 21.9. The second-order valence-electron chi connectivity index (χ2n) is 8.12. The summed E-state index contributed by atoms with van der Waals surface area (Å²) in [6.07, 6.45) is 5.29. The first-order valence-corrected chi connectivity index (χ1v) is 11.8. The highest BCUT2D eigenvalue weighted by atomic mass is 32.2. The minimum Gasteiger partial charge on any atom is -0.508 e. The molecule has 5 rings (SSSR count). The number of allylic oxidation sites excluding steroid dienone is 2. The van der Waals surface area contributed by atoms with Crippen molar-refractivity contribution in [1.82, 2.24) is 0 Å². The molecule has 6 heteroatoms. The van der Waals surface area contributed by atoms with Crippen molar-refractivity contribution < 1.29 is 13.5 Å². The topological polar surface area (TPSA) is 69.6 Å². The summed E-state index contributed by atoms with van der Waals surface area (Å²) in [6.45, 7) is 0. The summed E-state index contributed by atoms with van der Waals surface area (Å²) < 4.78 is 27.9. The van der Waals surface area contributed by atoms with Crippen molar-refractivity contribution in [3.05, 3.63) is 96.1 Å². The average molecular weight is 433 g/mol. The predicted octanol–water partition coefficient (Wildman–Crippen LogP) is 5.04. The lowest BCUT2D eigenvalue weighted by molar-refractivity contribution is 0.424. The number of para-hydroxylation sites is 1. The monoisotopic (exact) mass is 432 g/mol. The molecule has 0 radical (unpaired) electrons. The zero-order valence-corrected chi connectivity index (χ0v) is 18.0. The van der Waals surface area contributed by atoms with Crippen molar-refractivity contribution in [2.45, 2.75) is 23.3 Å². The van der Waals surface area contributed by atoms with Crippen LogP contribution >= 0.6 is 0 Å². The van der Waals surface area contributed by atoms with Gasteiger partial charge in [-0.2, -0.15) is 0 Å². The third-order valence-electron chi connectivity index (χ3n) is 6.36. The molecule has 0 bridgehead atoms. The van der Waals surface area contributed by atoms with Gasteiger partial charge in [0.2, 0.25) is 0 Å². The second kappa shape index (κ2) is 7.46. The first-order chi connectivity index (χ1) is 14.9. The fraction of sp³-hybridized carbons (Fsp3) is 0.200. The zero-order valence-electron chi connectivity index (χ0n) is 17.1. The normalized spacial score (nSPS) is 21.8. The molecule has 158 valence electrons. The first-order valence-electron chi connectivity index (χ1n) is 10.4. The summed E-state index contributed by atoms with van der Waals surface area (Å²) >= 11 is 0. The Morgan fingerprint density at radius 2 is 1.74 bits per heavy atom. The van der Waals surface area contributed by atoms with Crippen molar-refractivity contribution in [3.63, 3.8) is 0 Å². The average Bonchev–Trinajstić information content (AvgIpc) is 3.29. The van der Waals surface area contributed by atoms with Crippen LogP contribution in [0.3, 0.4) is 0 Å². The molecule has 5 nitrogen and oxygen atoms in total. The Bertz CT molecular complexity index is 1240. The van der Waals surface area contributed by atoms with E-state index in [1.807, 2.05) is 42.5 Å². The number of benzene rings is 3. The van der Waals surface area contributed by atoms with Gasteiger partial charge in [0.1, 0.15) is 5.75 Å². The van der Waals surface area contributed by atoms with E-state index in [1.54, 1.807) is 37.4 Å². The van der Waals surface area contributed by atoms with E-state index in [0.717, 1.165) is 23.2 Å². The van der Waals surface area contributed by atoms with Gasteiger partial charge in [-0.25, -0.2) is 8.42 Å². The minimum atomic E-state index is -3.67. The van der Waals surface area contributed by atoms with Crippen LogP contribution in [-0.4, -0.2) is 20.6 Å². The Morgan fingerprint density at radius 1 is 1.00 bits per heavy atom. The summed E-state index contributed by atoms with van der Waals surface area (Å²) in [5.41, 5.74) is 3.70. The quantitative estimate of drug-likeness (QED) is 0.567. The van der Waals surface area contributed by atoms with Gasteiger partial charge < -0.3 is 10.4 Å². The lowest BCUT2D eigenvalue weighted by Crippen LogP contribution is -2.30. The molecule has 2 N–H and O–H groups in total. The SMILES string of the molecule is CN(c1ccccc1)S(=O)(=O)c1ccc2c(c1)C1C=CCC1C(c1ccc(O)cc1)N2. The van der Waals surface area contributed by atoms with Crippen LogP contribution in [0.15, 0.2) is 89.8 Å².